The third-order valence-corrected chi connectivity index (χ3v) is 3.34. The maximum absolute atomic E-state index is 10.6. The minimum atomic E-state index is -0.853. The summed E-state index contributed by atoms with van der Waals surface area (Å²) in [6.07, 6.45) is 0.463. The Hall–Kier alpha value is -1.10. The first-order valence-corrected chi connectivity index (χ1v) is 6.42. The number of benzene rings is 1. The van der Waals surface area contributed by atoms with E-state index in [0.29, 0.717) is 12.8 Å². The molecule has 0 aliphatic heterocycles. The molecule has 4 nitrogen and oxygen atoms in total. The van der Waals surface area contributed by atoms with E-state index in [9.17, 15) is 10.2 Å². The minimum Gasteiger partial charge on any atom is -0.394 e. The second-order valence-corrected chi connectivity index (χ2v) is 4.50. The molecule has 18 heavy (non-hydrogen) atoms. The molecule has 0 bridgehead atoms. The van der Waals surface area contributed by atoms with Crippen LogP contribution in [0.5, 0.6) is 0 Å². The Morgan fingerprint density at radius 1 is 1.22 bits per heavy atom. The number of aliphatic hydroxyl groups is 3. The van der Waals surface area contributed by atoms with Crippen LogP contribution < -0.4 is 5.32 Å². The van der Waals surface area contributed by atoms with Gasteiger partial charge in [-0.05, 0) is 18.9 Å². The summed E-state index contributed by atoms with van der Waals surface area (Å²) in [5.74, 6) is 0. The molecule has 1 rings (SSSR count). The number of rotatable bonds is 7. The van der Waals surface area contributed by atoms with Crippen LogP contribution in [0.3, 0.4) is 0 Å². The van der Waals surface area contributed by atoms with E-state index in [4.69, 9.17) is 5.11 Å². The Labute approximate surface area is 108 Å². The molecule has 1 aromatic rings. The van der Waals surface area contributed by atoms with Gasteiger partial charge in [0.25, 0.3) is 0 Å². The lowest BCUT2D eigenvalue weighted by Gasteiger charge is -2.28. The Morgan fingerprint density at radius 3 is 2.39 bits per heavy atom. The van der Waals surface area contributed by atoms with Gasteiger partial charge in [-0.2, -0.15) is 0 Å². The van der Waals surface area contributed by atoms with Crippen molar-refractivity contribution in [3.8, 4) is 0 Å². The van der Waals surface area contributed by atoms with Crippen molar-refractivity contribution < 1.29 is 15.3 Å². The predicted octanol–water partition coefficient (Wildman–Crippen LogP) is 1.46. The fourth-order valence-corrected chi connectivity index (χ4v) is 1.97. The first-order chi connectivity index (χ1) is 8.57. The standard InChI is InChI=1S/C14H23NO3/c1-3-14(18,4-2)12-7-5-6-8-13(12)15-9-11(17)10-16/h5-8,11,15-18H,3-4,9-10H2,1-2H3. The van der Waals surface area contributed by atoms with Gasteiger partial charge >= 0.3 is 0 Å². The SMILES string of the molecule is CCC(O)(CC)c1ccccc1NCC(O)CO. The van der Waals surface area contributed by atoms with Gasteiger partial charge in [-0.25, -0.2) is 0 Å². The van der Waals surface area contributed by atoms with Crippen LogP contribution >= 0.6 is 0 Å². The van der Waals surface area contributed by atoms with Crippen molar-refractivity contribution >= 4 is 5.69 Å². The van der Waals surface area contributed by atoms with Gasteiger partial charge < -0.3 is 20.6 Å². The summed E-state index contributed by atoms with van der Waals surface area (Å²) in [5, 5.41) is 31.8. The van der Waals surface area contributed by atoms with E-state index in [1.54, 1.807) is 0 Å². The Morgan fingerprint density at radius 2 is 1.83 bits per heavy atom. The zero-order chi connectivity index (χ0) is 13.6. The molecule has 0 aromatic heterocycles. The predicted molar refractivity (Wildman–Crippen MR) is 72.5 cm³/mol. The minimum absolute atomic E-state index is 0.261. The van der Waals surface area contributed by atoms with E-state index in [0.717, 1.165) is 11.3 Å². The van der Waals surface area contributed by atoms with Gasteiger partial charge in [0, 0.05) is 17.8 Å². The van der Waals surface area contributed by atoms with Crippen LogP contribution in [-0.2, 0) is 5.60 Å². The molecular weight excluding hydrogens is 230 g/mol. The van der Waals surface area contributed by atoms with E-state index in [-0.39, 0.29) is 13.2 Å². The molecule has 0 saturated heterocycles. The van der Waals surface area contributed by atoms with Crippen LogP contribution in [-0.4, -0.2) is 34.6 Å². The molecule has 1 unspecified atom stereocenters. The van der Waals surface area contributed by atoms with Gasteiger partial charge in [-0.15, -0.1) is 0 Å². The van der Waals surface area contributed by atoms with E-state index in [1.807, 2.05) is 38.1 Å². The molecule has 0 saturated carbocycles. The molecule has 4 N–H and O–H groups in total. The van der Waals surface area contributed by atoms with Crippen molar-refractivity contribution in [2.24, 2.45) is 0 Å². The summed E-state index contributed by atoms with van der Waals surface area (Å²) in [6, 6.07) is 7.53. The number of para-hydroxylation sites is 1. The Balaban J connectivity index is 2.92. The average Bonchev–Trinajstić information content (AvgIpc) is 2.44. The Kier molecular flexibility index (Phi) is 5.59. The second kappa shape index (κ2) is 6.73. The molecule has 0 aliphatic carbocycles. The van der Waals surface area contributed by atoms with Crippen molar-refractivity contribution in [3.05, 3.63) is 29.8 Å². The molecule has 0 heterocycles. The molecule has 1 atom stereocenters. The molecule has 0 radical (unpaired) electrons. The molecule has 102 valence electrons. The third kappa shape index (κ3) is 3.45. The number of hydrogen-bond acceptors (Lipinski definition) is 4. The number of hydrogen-bond donors (Lipinski definition) is 4. The normalized spacial score (nSPS) is 13.4. The molecule has 0 amide bonds. The lowest BCUT2D eigenvalue weighted by atomic mass is 9.87. The van der Waals surface area contributed by atoms with Gasteiger partial charge in [-0.1, -0.05) is 32.0 Å². The molecule has 0 fully saturated rings. The molecule has 4 heteroatoms. The summed E-state index contributed by atoms with van der Waals surface area (Å²) in [6.45, 7) is 3.88. The monoisotopic (exact) mass is 253 g/mol. The van der Waals surface area contributed by atoms with Gasteiger partial charge in [0.1, 0.15) is 0 Å². The quantitative estimate of drug-likeness (QED) is 0.593. The zero-order valence-electron chi connectivity index (χ0n) is 11.1. The van der Waals surface area contributed by atoms with Crippen molar-refractivity contribution in [3.63, 3.8) is 0 Å². The first-order valence-electron chi connectivity index (χ1n) is 6.42. The number of anilines is 1. The lowest BCUT2D eigenvalue weighted by molar-refractivity contribution is 0.0290. The third-order valence-electron chi connectivity index (χ3n) is 3.34. The average molecular weight is 253 g/mol. The summed E-state index contributed by atoms with van der Waals surface area (Å²) in [7, 11) is 0. The molecule has 1 aromatic carbocycles. The maximum Gasteiger partial charge on any atom is 0.0942 e. The highest BCUT2D eigenvalue weighted by Gasteiger charge is 2.27. The first kappa shape index (κ1) is 15.0. The largest absolute Gasteiger partial charge is 0.394 e. The van der Waals surface area contributed by atoms with E-state index < -0.39 is 11.7 Å². The molecular formula is C14H23NO3. The fraction of sp³-hybridized carbons (Fsp3) is 0.571. The van der Waals surface area contributed by atoms with Gasteiger partial charge in [0.05, 0.1) is 18.3 Å². The fourth-order valence-electron chi connectivity index (χ4n) is 1.97. The van der Waals surface area contributed by atoms with E-state index in [1.165, 1.54) is 0 Å². The second-order valence-electron chi connectivity index (χ2n) is 4.50. The van der Waals surface area contributed by atoms with Crippen molar-refractivity contribution in [1.29, 1.82) is 0 Å². The van der Waals surface area contributed by atoms with Crippen LogP contribution in [0, 0.1) is 0 Å². The number of nitrogens with one attached hydrogen (secondary N) is 1. The lowest BCUT2D eigenvalue weighted by Crippen LogP contribution is -2.28. The highest BCUT2D eigenvalue weighted by Crippen LogP contribution is 2.33. The topological polar surface area (TPSA) is 72.7 Å². The highest BCUT2D eigenvalue weighted by atomic mass is 16.3. The van der Waals surface area contributed by atoms with Crippen LogP contribution in [0.15, 0.2) is 24.3 Å². The van der Waals surface area contributed by atoms with Crippen molar-refractivity contribution in [2.45, 2.75) is 38.4 Å². The summed E-state index contributed by atoms with van der Waals surface area (Å²) in [5.41, 5.74) is 0.782. The van der Waals surface area contributed by atoms with Gasteiger partial charge in [0.15, 0.2) is 0 Å². The van der Waals surface area contributed by atoms with Crippen LogP contribution in [0.4, 0.5) is 5.69 Å². The maximum atomic E-state index is 10.6. The Bertz CT molecular complexity index is 364. The molecule has 0 aliphatic rings. The summed E-state index contributed by atoms with van der Waals surface area (Å²) < 4.78 is 0. The van der Waals surface area contributed by atoms with Crippen molar-refractivity contribution in [1.82, 2.24) is 0 Å². The highest BCUT2D eigenvalue weighted by molar-refractivity contribution is 5.53. The van der Waals surface area contributed by atoms with Crippen LogP contribution in [0.1, 0.15) is 32.3 Å². The van der Waals surface area contributed by atoms with Crippen LogP contribution in [0.25, 0.3) is 0 Å². The zero-order valence-corrected chi connectivity index (χ0v) is 11.1. The number of aliphatic hydroxyl groups excluding tert-OH is 2. The van der Waals surface area contributed by atoms with E-state index >= 15 is 0 Å². The van der Waals surface area contributed by atoms with Crippen LogP contribution in [0.2, 0.25) is 0 Å². The van der Waals surface area contributed by atoms with Gasteiger partial charge in [-0.3, -0.25) is 0 Å². The smallest absolute Gasteiger partial charge is 0.0942 e. The van der Waals surface area contributed by atoms with Crippen molar-refractivity contribution in [2.75, 3.05) is 18.5 Å². The van der Waals surface area contributed by atoms with E-state index in [2.05, 4.69) is 5.32 Å². The van der Waals surface area contributed by atoms with Gasteiger partial charge in [0.2, 0.25) is 0 Å². The summed E-state index contributed by atoms with van der Waals surface area (Å²) >= 11 is 0. The summed E-state index contributed by atoms with van der Waals surface area (Å²) in [4.78, 5) is 0. The molecule has 0 spiro atoms.